The Balaban J connectivity index is 1.69. The number of rotatable bonds is 5. The van der Waals surface area contributed by atoms with E-state index in [9.17, 15) is 4.79 Å². The maximum atomic E-state index is 12.2. The van der Waals surface area contributed by atoms with Gasteiger partial charge in [0.25, 0.3) is 5.91 Å². The second-order valence-electron chi connectivity index (χ2n) is 5.48. The first-order valence-electron chi connectivity index (χ1n) is 7.76. The molecule has 0 saturated heterocycles. The van der Waals surface area contributed by atoms with E-state index in [4.69, 9.17) is 4.74 Å². The summed E-state index contributed by atoms with van der Waals surface area (Å²) in [6.07, 6.45) is 1.59. The van der Waals surface area contributed by atoms with E-state index in [0.29, 0.717) is 17.1 Å². The number of nitrogens with one attached hydrogen (secondary N) is 2. The van der Waals surface area contributed by atoms with Crippen LogP contribution >= 0.6 is 0 Å². The van der Waals surface area contributed by atoms with Crippen molar-refractivity contribution < 1.29 is 9.53 Å². The maximum Gasteiger partial charge on any atom is 0.289 e. The van der Waals surface area contributed by atoms with E-state index in [1.54, 1.807) is 19.4 Å². The van der Waals surface area contributed by atoms with E-state index in [1.807, 2.05) is 55.5 Å². The van der Waals surface area contributed by atoms with Crippen molar-refractivity contribution in [2.24, 2.45) is 5.10 Å². The molecular formula is C19H18N4O2. The normalized spacial score (nSPS) is 10.8. The van der Waals surface area contributed by atoms with Gasteiger partial charge in [-0.25, -0.2) is 5.43 Å². The van der Waals surface area contributed by atoms with E-state index in [0.717, 1.165) is 11.1 Å². The van der Waals surface area contributed by atoms with Crippen LogP contribution in [0.2, 0.25) is 0 Å². The monoisotopic (exact) mass is 334 g/mol. The Labute approximate surface area is 145 Å². The highest BCUT2D eigenvalue weighted by atomic mass is 16.5. The molecule has 3 rings (SSSR count). The number of benzene rings is 2. The average Bonchev–Trinajstić information content (AvgIpc) is 3.13. The zero-order chi connectivity index (χ0) is 17.6. The second kappa shape index (κ2) is 7.44. The molecule has 6 heteroatoms. The summed E-state index contributed by atoms with van der Waals surface area (Å²) < 4.78 is 5.31. The first-order chi connectivity index (χ1) is 12.2. The Morgan fingerprint density at radius 1 is 1.20 bits per heavy atom. The zero-order valence-corrected chi connectivity index (χ0v) is 14.0. The van der Waals surface area contributed by atoms with Crippen LogP contribution in [0.3, 0.4) is 0 Å². The van der Waals surface area contributed by atoms with Gasteiger partial charge in [-0.15, -0.1) is 0 Å². The lowest BCUT2D eigenvalue weighted by Gasteiger charge is -2.04. The topological polar surface area (TPSA) is 79.4 Å². The van der Waals surface area contributed by atoms with Crippen LogP contribution in [0.25, 0.3) is 11.3 Å². The zero-order valence-electron chi connectivity index (χ0n) is 14.0. The second-order valence-corrected chi connectivity index (χ2v) is 5.48. The van der Waals surface area contributed by atoms with Gasteiger partial charge in [-0.3, -0.25) is 9.89 Å². The van der Waals surface area contributed by atoms with Gasteiger partial charge in [0.15, 0.2) is 0 Å². The number of aromatic nitrogens is 2. The highest BCUT2D eigenvalue weighted by Gasteiger charge is 2.13. The number of nitrogens with zero attached hydrogens (tertiary/aromatic N) is 2. The molecule has 0 radical (unpaired) electrons. The third-order valence-corrected chi connectivity index (χ3v) is 3.66. The van der Waals surface area contributed by atoms with Crippen molar-refractivity contribution in [3.63, 3.8) is 0 Å². The van der Waals surface area contributed by atoms with E-state index < -0.39 is 0 Å². The molecule has 3 aromatic rings. The van der Waals surface area contributed by atoms with Gasteiger partial charge >= 0.3 is 0 Å². The molecule has 0 unspecified atom stereocenters. The number of methoxy groups -OCH3 is 1. The fourth-order valence-electron chi connectivity index (χ4n) is 2.31. The SMILES string of the molecule is COc1ccccc1-c1cc(C(=O)N/N=C\c2ccc(C)cc2)[nH]n1. The molecule has 126 valence electrons. The Morgan fingerprint density at radius 2 is 1.96 bits per heavy atom. The standard InChI is InChI=1S/C19H18N4O2/c1-13-7-9-14(10-8-13)12-20-23-19(24)17-11-16(21-22-17)15-5-3-4-6-18(15)25-2/h3-12H,1-2H3,(H,21,22)(H,23,24)/b20-12-. The van der Waals surface area contributed by atoms with Crippen LogP contribution in [0.15, 0.2) is 59.7 Å². The number of ether oxygens (including phenoxy) is 1. The Kier molecular flexibility index (Phi) is 4.89. The number of hydrogen-bond acceptors (Lipinski definition) is 4. The molecule has 1 heterocycles. The Bertz CT molecular complexity index is 898. The lowest BCUT2D eigenvalue weighted by molar-refractivity contribution is 0.0950. The fraction of sp³-hybridized carbons (Fsp3) is 0.105. The van der Waals surface area contributed by atoms with Crippen LogP contribution in [-0.2, 0) is 0 Å². The van der Waals surface area contributed by atoms with Gasteiger partial charge in [-0.2, -0.15) is 10.2 Å². The van der Waals surface area contributed by atoms with Crippen molar-refractivity contribution in [2.75, 3.05) is 7.11 Å². The lowest BCUT2D eigenvalue weighted by atomic mass is 10.1. The minimum atomic E-state index is -0.364. The summed E-state index contributed by atoms with van der Waals surface area (Å²) in [5.41, 5.74) is 6.32. The summed E-state index contributed by atoms with van der Waals surface area (Å²) in [6.45, 7) is 2.01. The molecule has 0 atom stereocenters. The number of hydrazone groups is 1. The van der Waals surface area contributed by atoms with Crippen LogP contribution in [0.1, 0.15) is 21.6 Å². The Hall–Kier alpha value is -3.41. The smallest absolute Gasteiger partial charge is 0.289 e. The van der Waals surface area contributed by atoms with Crippen LogP contribution in [0.4, 0.5) is 0 Å². The first kappa shape index (κ1) is 16.4. The van der Waals surface area contributed by atoms with E-state index >= 15 is 0 Å². The fourth-order valence-corrected chi connectivity index (χ4v) is 2.31. The molecule has 0 aliphatic rings. The molecule has 0 spiro atoms. The molecule has 1 aromatic heterocycles. The summed E-state index contributed by atoms with van der Waals surface area (Å²) in [7, 11) is 1.60. The van der Waals surface area contributed by atoms with Gasteiger partial charge < -0.3 is 4.74 Å². The predicted octanol–water partition coefficient (Wildman–Crippen LogP) is 3.16. The summed E-state index contributed by atoms with van der Waals surface area (Å²) >= 11 is 0. The van der Waals surface area contributed by atoms with Gasteiger partial charge in [0.05, 0.1) is 19.0 Å². The Morgan fingerprint density at radius 3 is 2.72 bits per heavy atom. The van der Waals surface area contributed by atoms with E-state index in [-0.39, 0.29) is 5.91 Å². The minimum Gasteiger partial charge on any atom is -0.496 e. The minimum absolute atomic E-state index is 0.321. The molecule has 0 fully saturated rings. The van der Waals surface area contributed by atoms with Crippen molar-refractivity contribution in [1.29, 1.82) is 0 Å². The van der Waals surface area contributed by atoms with Gasteiger partial charge in [0.2, 0.25) is 0 Å². The van der Waals surface area contributed by atoms with Crippen molar-refractivity contribution in [2.45, 2.75) is 6.92 Å². The van der Waals surface area contributed by atoms with E-state index in [1.165, 1.54) is 5.56 Å². The van der Waals surface area contributed by atoms with Crippen molar-refractivity contribution in [3.8, 4) is 17.0 Å². The third-order valence-electron chi connectivity index (χ3n) is 3.66. The number of H-pyrrole nitrogens is 1. The van der Waals surface area contributed by atoms with Crippen LogP contribution in [0, 0.1) is 6.92 Å². The van der Waals surface area contributed by atoms with Gasteiger partial charge in [-0.05, 0) is 30.7 Å². The molecule has 0 aliphatic carbocycles. The van der Waals surface area contributed by atoms with Gasteiger partial charge in [0.1, 0.15) is 11.4 Å². The average molecular weight is 334 g/mol. The van der Waals surface area contributed by atoms with Crippen LogP contribution in [0.5, 0.6) is 5.75 Å². The number of hydrogen-bond donors (Lipinski definition) is 2. The molecule has 2 N–H and O–H groups in total. The number of amides is 1. The van der Waals surface area contributed by atoms with Crippen molar-refractivity contribution in [1.82, 2.24) is 15.6 Å². The van der Waals surface area contributed by atoms with Crippen molar-refractivity contribution in [3.05, 3.63) is 71.4 Å². The van der Waals surface area contributed by atoms with Crippen LogP contribution in [-0.4, -0.2) is 29.4 Å². The van der Waals surface area contributed by atoms with Gasteiger partial charge in [-0.1, -0.05) is 42.0 Å². The molecule has 2 aromatic carbocycles. The molecule has 0 aliphatic heterocycles. The molecule has 0 bridgehead atoms. The molecular weight excluding hydrogens is 316 g/mol. The maximum absolute atomic E-state index is 12.2. The van der Waals surface area contributed by atoms with Crippen LogP contribution < -0.4 is 10.2 Å². The highest BCUT2D eigenvalue weighted by molar-refractivity contribution is 5.94. The molecule has 25 heavy (non-hydrogen) atoms. The number of carbonyl (C=O) groups excluding carboxylic acids is 1. The third kappa shape index (κ3) is 3.92. The summed E-state index contributed by atoms with van der Waals surface area (Å²) in [5.74, 6) is 0.329. The predicted molar refractivity (Wildman–Crippen MR) is 96.8 cm³/mol. The number of aromatic amines is 1. The van der Waals surface area contributed by atoms with Crippen molar-refractivity contribution >= 4 is 12.1 Å². The first-order valence-corrected chi connectivity index (χ1v) is 7.76. The van der Waals surface area contributed by atoms with E-state index in [2.05, 4.69) is 20.7 Å². The number of aryl methyl sites for hydroxylation is 1. The summed E-state index contributed by atoms with van der Waals surface area (Å²) in [6, 6.07) is 17.0. The summed E-state index contributed by atoms with van der Waals surface area (Å²) in [5, 5.41) is 10.9. The summed E-state index contributed by atoms with van der Waals surface area (Å²) in [4.78, 5) is 12.2. The van der Waals surface area contributed by atoms with Gasteiger partial charge in [0, 0.05) is 5.56 Å². The highest BCUT2D eigenvalue weighted by Crippen LogP contribution is 2.28. The lowest BCUT2D eigenvalue weighted by Crippen LogP contribution is -2.17. The molecule has 0 saturated carbocycles. The quantitative estimate of drug-likeness (QED) is 0.556. The number of carbonyl (C=O) groups is 1. The largest absolute Gasteiger partial charge is 0.496 e. The molecule has 6 nitrogen and oxygen atoms in total. The molecule has 1 amide bonds. The number of para-hydroxylation sites is 1.